The van der Waals surface area contributed by atoms with E-state index in [1.165, 1.54) is 18.4 Å². The lowest BCUT2D eigenvalue weighted by atomic mass is 10.4. The molecule has 0 saturated carbocycles. The van der Waals surface area contributed by atoms with E-state index >= 15 is 0 Å². The van der Waals surface area contributed by atoms with Crippen LogP contribution in [0.4, 0.5) is 16.0 Å². The zero-order chi connectivity index (χ0) is 22.7. The molecule has 0 atom stereocenters. The number of thiazole rings is 2. The molecule has 0 unspecified atom stereocenters. The van der Waals surface area contributed by atoms with E-state index in [0.29, 0.717) is 17.4 Å². The molecule has 0 saturated heterocycles. The summed E-state index contributed by atoms with van der Waals surface area (Å²) in [6.07, 6.45) is 0. The molecule has 0 fully saturated rings. The molecule has 31 heavy (non-hydrogen) atoms. The third kappa shape index (κ3) is 4.95. The Kier molecular flexibility index (Phi) is 7.09. The summed E-state index contributed by atoms with van der Waals surface area (Å²) in [5, 5.41) is 1.81. The number of rotatable bonds is 4. The lowest BCUT2D eigenvalue weighted by molar-refractivity contribution is 0.397. The second-order valence-electron chi connectivity index (χ2n) is 6.54. The van der Waals surface area contributed by atoms with E-state index in [0.717, 1.165) is 35.4 Å². The van der Waals surface area contributed by atoms with Crippen molar-refractivity contribution >= 4 is 75.2 Å². The Labute approximate surface area is 196 Å². The van der Waals surface area contributed by atoms with Crippen molar-refractivity contribution < 1.29 is 9.47 Å². The Morgan fingerprint density at radius 1 is 0.839 bits per heavy atom. The first kappa shape index (κ1) is 22.9. The van der Waals surface area contributed by atoms with Gasteiger partial charge in [-0.1, -0.05) is 22.7 Å². The highest BCUT2D eigenvalue weighted by molar-refractivity contribution is 9.10. The van der Waals surface area contributed by atoms with Gasteiger partial charge in [0.15, 0.2) is 10.3 Å². The average molecular weight is 522 g/mol. The van der Waals surface area contributed by atoms with Crippen LogP contribution in [-0.4, -0.2) is 62.3 Å². The van der Waals surface area contributed by atoms with Crippen LogP contribution in [0.1, 0.15) is 0 Å². The molecule has 4 rings (SSSR count). The van der Waals surface area contributed by atoms with Crippen molar-refractivity contribution in [1.82, 2.24) is 19.9 Å². The largest absolute Gasteiger partial charge is 0.490 e. The molecule has 4 aromatic rings. The molecular formula is C19H20BrN7O2S2. The Morgan fingerprint density at radius 3 is 1.77 bits per heavy atom. The van der Waals surface area contributed by atoms with E-state index in [4.69, 9.17) is 16.0 Å². The maximum atomic E-state index is 7.02. The lowest BCUT2D eigenvalue weighted by Gasteiger charge is -2.04. The van der Waals surface area contributed by atoms with Crippen molar-refractivity contribution in [2.75, 3.05) is 52.2 Å². The van der Waals surface area contributed by atoms with E-state index in [2.05, 4.69) is 40.7 Å². The van der Waals surface area contributed by atoms with Gasteiger partial charge in [0.2, 0.25) is 17.4 Å². The Morgan fingerprint density at radius 2 is 1.32 bits per heavy atom. The summed E-state index contributed by atoms with van der Waals surface area (Å²) in [4.78, 5) is 26.4. The summed E-state index contributed by atoms with van der Waals surface area (Å²) in [7, 11) is 10.9. The molecule has 4 aromatic heterocycles. The van der Waals surface area contributed by atoms with Crippen molar-refractivity contribution in [1.29, 1.82) is 0 Å². The van der Waals surface area contributed by atoms with Gasteiger partial charge in [-0.2, -0.15) is 4.98 Å². The second kappa shape index (κ2) is 9.59. The third-order valence-corrected chi connectivity index (χ3v) is 6.72. The number of pyridine rings is 2. The number of halogens is 1. The van der Waals surface area contributed by atoms with Gasteiger partial charge < -0.3 is 19.3 Å². The highest BCUT2D eigenvalue weighted by Gasteiger charge is 2.12. The SMILES string of the molecule is COc1nc2sc(N(C)C)nc2cc1Br.[C-]#[N+]c1cc2nc(N(C)C)sc2nc1OC. The van der Waals surface area contributed by atoms with Crippen LogP contribution in [0.5, 0.6) is 11.8 Å². The number of ether oxygens (including phenoxy) is 2. The maximum absolute atomic E-state index is 7.02. The fourth-order valence-corrected chi connectivity index (χ4v) is 4.54. The van der Waals surface area contributed by atoms with E-state index in [9.17, 15) is 0 Å². The van der Waals surface area contributed by atoms with Crippen molar-refractivity contribution in [2.24, 2.45) is 0 Å². The molecule has 162 valence electrons. The maximum Gasteiger partial charge on any atom is 0.249 e. The summed E-state index contributed by atoms with van der Waals surface area (Å²) in [6.45, 7) is 7.02. The Bertz CT molecular complexity index is 1260. The number of methoxy groups -OCH3 is 2. The average Bonchev–Trinajstić information content (AvgIpc) is 3.35. The van der Waals surface area contributed by atoms with Crippen LogP contribution in [0.3, 0.4) is 0 Å². The van der Waals surface area contributed by atoms with Gasteiger partial charge in [0, 0.05) is 28.2 Å². The summed E-state index contributed by atoms with van der Waals surface area (Å²) in [5.74, 6) is 0.952. The normalized spacial score (nSPS) is 10.4. The van der Waals surface area contributed by atoms with E-state index in [-0.39, 0.29) is 0 Å². The van der Waals surface area contributed by atoms with Gasteiger partial charge in [0.1, 0.15) is 15.2 Å². The monoisotopic (exact) mass is 521 g/mol. The number of hydrogen-bond acceptors (Lipinski definition) is 10. The predicted octanol–water partition coefficient (Wildman–Crippen LogP) is 4.85. The zero-order valence-electron chi connectivity index (χ0n) is 17.8. The van der Waals surface area contributed by atoms with E-state index < -0.39 is 0 Å². The fraction of sp³-hybridized carbons (Fsp3) is 0.316. The van der Waals surface area contributed by atoms with Crippen LogP contribution < -0.4 is 19.3 Å². The molecule has 0 spiro atoms. The smallest absolute Gasteiger partial charge is 0.249 e. The third-order valence-electron chi connectivity index (χ3n) is 3.89. The van der Waals surface area contributed by atoms with Crippen molar-refractivity contribution in [3.63, 3.8) is 0 Å². The van der Waals surface area contributed by atoms with E-state index in [1.54, 1.807) is 24.5 Å². The fourth-order valence-electron chi connectivity index (χ4n) is 2.40. The van der Waals surface area contributed by atoms with Gasteiger partial charge in [-0.25, -0.2) is 19.8 Å². The Balaban J connectivity index is 0.000000176. The summed E-state index contributed by atoms with van der Waals surface area (Å²) < 4.78 is 11.0. The molecule has 12 heteroatoms. The summed E-state index contributed by atoms with van der Waals surface area (Å²) >= 11 is 6.41. The first-order valence-electron chi connectivity index (χ1n) is 8.86. The number of fused-ring (bicyclic) bond motifs is 2. The van der Waals surface area contributed by atoms with E-state index in [1.807, 2.05) is 44.1 Å². The van der Waals surface area contributed by atoms with Crippen molar-refractivity contribution in [3.8, 4) is 11.8 Å². The van der Waals surface area contributed by atoms with Crippen molar-refractivity contribution in [3.05, 3.63) is 28.0 Å². The van der Waals surface area contributed by atoms with Gasteiger partial charge in [0.05, 0.1) is 30.8 Å². The molecule has 0 aliphatic rings. The van der Waals surface area contributed by atoms with Gasteiger partial charge in [-0.15, -0.1) is 0 Å². The van der Waals surface area contributed by atoms with Gasteiger partial charge >= 0.3 is 0 Å². The van der Waals surface area contributed by atoms with Gasteiger partial charge in [-0.3, -0.25) is 0 Å². The number of nitrogens with zero attached hydrogens (tertiary/aromatic N) is 7. The molecule has 0 amide bonds. The van der Waals surface area contributed by atoms with Crippen molar-refractivity contribution in [2.45, 2.75) is 0 Å². The summed E-state index contributed by atoms with van der Waals surface area (Å²) in [5.41, 5.74) is 2.02. The molecule has 9 nitrogen and oxygen atoms in total. The topological polar surface area (TPSA) is 80.9 Å². The zero-order valence-corrected chi connectivity index (χ0v) is 21.0. The van der Waals surface area contributed by atoms with Crippen LogP contribution in [-0.2, 0) is 0 Å². The van der Waals surface area contributed by atoms with Crippen LogP contribution in [0, 0.1) is 6.57 Å². The number of anilines is 2. The lowest BCUT2D eigenvalue weighted by Crippen LogP contribution is -2.07. The molecule has 4 heterocycles. The minimum Gasteiger partial charge on any atom is -0.490 e. The number of hydrogen-bond donors (Lipinski definition) is 0. The number of aromatic nitrogens is 4. The molecule has 0 N–H and O–H groups in total. The first-order chi connectivity index (χ1) is 14.8. The predicted molar refractivity (Wildman–Crippen MR) is 131 cm³/mol. The van der Waals surface area contributed by atoms with Crippen LogP contribution in [0.25, 0.3) is 25.5 Å². The summed E-state index contributed by atoms with van der Waals surface area (Å²) in [6, 6.07) is 3.63. The minimum atomic E-state index is 0.358. The highest BCUT2D eigenvalue weighted by Crippen LogP contribution is 2.34. The second-order valence-corrected chi connectivity index (χ2v) is 9.30. The van der Waals surface area contributed by atoms with Crippen LogP contribution in [0.15, 0.2) is 16.6 Å². The highest BCUT2D eigenvalue weighted by atomic mass is 79.9. The molecule has 0 bridgehead atoms. The van der Waals surface area contributed by atoms with Crippen LogP contribution in [0.2, 0.25) is 0 Å². The first-order valence-corrected chi connectivity index (χ1v) is 11.3. The Hall–Kier alpha value is -2.75. The quantitative estimate of drug-likeness (QED) is 0.352. The molecule has 0 aliphatic heterocycles. The minimum absolute atomic E-state index is 0.358. The van der Waals surface area contributed by atoms with Crippen LogP contribution >= 0.6 is 38.6 Å². The molecule has 0 aromatic carbocycles. The van der Waals surface area contributed by atoms with Gasteiger partial charge in [0.25, 0.3) is 0 Å². The molecular weight excluding hydrogens is 502 g/mol. The van der Waals surface area contributed by atoms with Gasteiger partial charge in [-0.05, 0) is 28.1 Å². The molecule has 0 aliphatic carbocycles. The standard InChI is InChI=1S/C10H10N4OS.C9H10BrN3OS/c1-11-6-5-7-9(13-8(6)15-4)16-10(12-7)14(2)3;1-13(2)9-11-6-4-5(10)7(14-3)12-8(6)15-9/h5H,2-4H3;4H,1-3H3. The molecule has 0 radical (unpaired) electrons.